The van der Waals surface area contributed by atoms with Gasteiger partial charge in [0.15, 0.2) is 5.13 Å². The van der Waals surface area contributed by atoms with Crippen LogP contribution in [0.1, 0.15) is 80.6 Å². The fraction of sp³-hybridized carbons (Fsp3) is 0.652. The number of morpholine rings is 1. The Balaban J connectivity index is 1.09. The van der Waals surface area contributed by atoms with Crippen LogP contribution in [-0.2, 0) is 23.9 Å². The third-order valence-corrected chi connectivity index (χ3v) is 14.9. The van der Waals surface area contributed by atoms with Gasteiger partial charge in [-0.05, 0) is 74.3 Å². The van der Waals surface area contributed by atoms with E-state index in [0.29, 0.717) is 95.8 Å². The number of carbonyl (C=O) groups excluding carboxylic acids is 3. The normalized spacial score (nSPS) is 28.1. The highest BCUT2D eigenvalue weighted by Crippen LogP contribution is 2.57. The predicted octanol–water partition coefficient (Wildman–Crippen LogP) is 6.45. The first-order valence-corrected chi connectivity index (χ1v) is 24.0. The lowest BCUT2D eigenvalue weighted by molar-refractivity contribution is -0.146. The fourth-order valence-electron chi connectivity index (χ4n) is 9.84. The highest BCUT2D eigenvalue weighted by Gasteiger charge is 2.62. The number of carboxylic acids is 1. The maximum atomic E-state index is 14.9. The van der Waals surface area contributed by atoms with Crippen LogP contribution in [0.25, 0.3) is 22.3 Å². The second-order valence-electron chi connectivity index (χ2n) is 19.6. The van der Waals surface area contributed by atoms with Crippen LogP contribution in [0, 0.1) is 29.1 Å². The van der Waals surface area contributed by atoms with E-state index in [1.54, 1.807) is 12.1 Å². The summed E-state index contributed by atoms with van der Waals surface area (Å²) in [4.78, 5) is 68.7. The zero-order chi connectivity index (χ0) is 45.7. The van der Waals surface area contributed by atoms with E-state index in [2.05, 4.69) is 27.8 Å². The highest BCUT2D eigenvalue weighted by atomic mass is 35.5. The Hall–Kier alpha value is -4.45. The molecule has 3 amide bonds. The molecular formula is C46H62ClN7O9S. The molecule has 1 aromatic carbocycles. The summed E-state index contributed by atoms with van der Waals surface area (Å²) in [7, 11) is 0. The molecule has 2 saturated heterocycles. The number of carboxylic acid groups (broad SMARTS) is 1. The summed E-state index contributed by atoms with van der Waals surface area (Å²) < 4.78 is 24.4. The Bertz CT molecular complexity index is 2240. The van der Waals surface area contributed by atoms with Crippen molar-refractivity contribution in [3.8, 4) is 22.9 Å². The molecule has 0 spiro atoms. The molecule has 3 aliphatic carbocycles. The van der Waals surface area contributed by atoms with E-state index in [0.717, 1.165) is 31.1 Å². The molecule has 2 aliphatic heterocycles. The minimum atomic E-state index is -1.42. The third-order valence-electron chi connectivity index (χ3n) is 13.7. The van der Waals surface area contributed by atoms with E-state index in [1.165, 1.54) is 16.2 Å². The summed E-state index contributed by atoms with van der Waals surface area (Å²) in [6.45, 7) is 17.8. The van der Waals surface area contributed by atoms with Crippen molar-refractivity contribution >= 4 is 62.8 Å². The summed E-state index contributed by atoms with van der Waals surface area (Å²) in [5.41, 5.74) is -0.692. The number of amides is 3. The molecule has 7 atom stereocenters. The quantitative estimate of drug-likeness (QED) is 0.123. The van der Waals surface area contributed by atoms with E-state index in [4.69, 9.17) is 40.5 Å². The number of likely N-dealkylation sites (tertiary alicyclic amines) is 1. The van der Waals surface area contributed by atoms with Crippen molar-refractivity contribution in [2.75, 3.05) is 51.3 Å². The number of benzene rings is 1. The predicted molar refractivity (Wildman–Crippen MR) is 243 cm³/mol. The van der Waals surface area contributed by atoms with Crippen molar-refractivity contribution in [3.63, 3.8) is 0 Å². The zero-order valence-electron chi connectivity index (χ0n) is 37.8. The third kappa shape index (κ3) is 9.73. The van der Waals surface area contributed by atoms with Crippen LogP contribution < -0.4 is 25.4 Å². The second kappa shape index (κ2) is 18.4. The molecule has 2 aromatic heterocycles. The molecule has 348 valence electrons. The van der Waals surface area contributed by atoms with E-state index in [-0.39, 0.29) is 31.0 Å². The van der Waals surface area contributed by atoms with E-state index < -0.39 is 53.0 Å². The lowest BCUT2D eigenvalue weighted by Crippen LogP contribution is -2.59. The van der Waals surface area contributed by atoms with Gasteiger partial charge in [-0.3, -0.25) is 14.5 Å². The molecule has 18 heteroatoms. The molecule has 3 unspecified atom stereocenters. The van der Waals surface area contributed by atoms with Crippen LogP contribution in [-0.4, -0.2) is 131 Å². The highest BCUT2D eigenvalue weighted by molar-refractivity contribution is 7.14. The number of hydrogen-bond donors (Lipinski definition) is 4. The SMILES string of the molecule is CCC1C[C@]1(NC(=O)[C@@H]1C[C@@H](Oc2cc(-c3csc(NC(C)C)n3)nc3c(Cl)c(OCCN4CCOCC4)ccc23)CN1C(=O)[C@@H](NC(=O)OC1CC2C(C)C2C1)C(C)(C)C)C(=O)O. The first-order valence-electron chi connectivity index (χ1n) is 22.7. The first kappa shape index (κ1) is 46.1. The molecule has 4 N–H and O–H groups in total. The number of halogens is 1. The van der Waals surface area contributed by atoms with Gasteiger partial charge in [0.25, 0.3) is 0 Å². The van der Waals surface area contributed by atoms with Crippen molar-refractivity contribution < 1.29 is 43.2 Å². The monoisotopic (exact) mass is 923 g/mol. The average Bonchev–Trinajstić information content (AvgIpc) is 3.73. The number of carbonyl (C=O) groups is 4. The Kier molecular flexibility index (Phi) is 13.3. The number of fused-ring (bicyclic) bond motifs is 2. The molecule has 16 nitrogen and oxygen atoms in total. The van der Waals surface area contributed by atoms with Crippen LogP contribution in [0.2, 0.25) is 5.02 Å². The van der Waals surface area contributed by atoms with E-state index >= 15 is 0 Å². The number of nitrogens with zero attached hydrogens (tertiary/aromatic N) is 4. The van der Waals surface area contributed by atoms with Crippen LogP contribution >= 0.6 is 22.9 Å². The average molecular weight is 925 g/mol. The number of nitrogens with one attached hydrogen (secondary N) is 3. The van der Waals surface area contributed by atoms with Gasteiger partial charge in [-0.15, -0.1) is 11.3 Å². The number of thiazole rings is 1. The lowest BCUT2D eigenvalue weighted by Gasteiger charge is -2.35. The number of aliphatic carboxylic acids is 1. The Morgan fingerprint density at radius 1 is 1.05 bits per heavy atom. The van der Waals surface area contributed by atoms with Crippen LogP contribution in [0.15, 0.2) is 23.6 Å². The molecule has 3 aromatic rings. The minimum Gasteiger partial charge on any atom is -0.491 e. The molecule has 4 heterocycles. The van der Waals surface area contributed by atoms with Crippen molar-refractivity contribution in [2.45, 2.75) is 116 Å². The van der Waals surface area contributed by atoms with Gasteiger partial charge in [0.05, 0.1) is 31.0 Å². The lowest BCUT2D eigenvalue weighted by atomic mass is 9.85. The molecule has 0 radical (unpaired) electrons. The Morgan fingerprint density at radius 3 is 2.44 bits per heavy atom. The van der Waals surface area contributed by atoms with Crippen LogP contribution in [0.5, 0.6) is 11.5 Å². The summed E-state index contributed by atoms with van der Waals surface area (Å²) in [5.74, 6) is 0.198. The van der Waals surface area contributed by atoms with Gasteiger partial charge in [-0.1, -0.05) is 52.6 Å². The van der Waals surface area contributed by atoms with Crippen LogP contribution in [0.3, 0.4) is 0 Å². The largest absolute Gasteiger partial charge is 0.491 e. The van der Waals surface area contributed by atoms with Gasteiger partial charge in [0.2, 0.25) is 11.8 Å². The molecule has 3 saturated carbocycles. The van der Waals surface area contributed by atoms with Crippen molar-refractivity contribution in [1.29, 1.82) is 0 Å². The second-order valence-corrected chi connectivity index (χ2v) is 20.8. The van der Waals surface area contributed by atoms with Crippen molar-refractivity contribution in [1.82, 2.24) is 30.4 Å². The number of pyridine rings is 1. The number of anilines is 1. The maximum Gasteiger partial charge on any atom is 0.408 e. The van der Waals surface area contributed by atoms with Crippen LogP contribution in [0.4, 0.5) is 9.93 Å². The fourth-order valence-corrected chi connectivity index (χ4v) is 11.0. The number of ether oxygens (including phenoxy) is 4. The van der Waals surface area contributed by atoms with Gasteiger partial charge in [0, 0.05) is 48.9 Å². The smallest absolute Gasteiger partial charge is 0.408 e. The maximum absolute atomic E-state index is 14.9. The molecule has 64 heavy (non-hydrogen) atoms. The number of rotatable bonds is 16. The standard InChI is InChI=1S/C46H62ClN7O9S/c1-8-26-21-46(26,42(57)58)52-40(55)34-19-28(22-54(34)41(56)39(45(5,6)7)51-44(59)63-27-17-30-25(4)31(30)18-27)62-36-20-32(33-23-64-43(50-33)48-24(2)3)49-38-29(36)9-10-35(37(38)47)61-16-13-53-11-14-60-15-12-53/h9-10,20,23-28,30-31,34,39H,8,11-19,21-22H2,1-7H3,(H,48,50)(H,51,59)(H,52,55)(H,57,58)/t25?,26?,27?,28-,30?,31?,34+,39-,46-/m1/s1. The number of alkyl carbamates (subject to hydrolysis) is 1. The van der Waals surface area contributed by atoms with E-state index in [9.17, 15) is 24.3 Å². The summed E-state index contributed by atoms with van der Waals surface area (Å²) in [6.07, 6.45) is 0.892. The first-order chi connectivity index (χ1) is 30.4. The summed E-state index contributed by atoms with van der Waals surface area (Å²) in [6, 6.07) is 3.37. The topological polar surface area (TPSA) is 194 Å². The summed E-state index contributed by atoms with van der Waals surface area (Å²) in [5, 5.41) is 22.8. The van der Waals surface area contributed by atoms with Crippen molar-refractivity contribution in [2.24, 2.45) is 29.1 Å². The Labute approximate surface area is 383 Å². The van der Waals surface area contributed by atoms with Gasteiger partial charge >= 0.3 is 12.1 Å². The van der Waals surface area contributed by atoms with Gasteiger partial charge in [-0.25, -0.2) is 19.6 Å². The molecule has 8 rings (SSSR count). The Morgan fingerprint density at radius 2 is 1.78 bits per heavy atom. The number of aromatic nitrogens is 2. The van der Waals surface area contributed by atoms with Gasteiger partial charge in [-0.2, -0.15) is 0 Å². The molecule has 0 bridgehead atoms. The zero-order valence-corrected chi connectivity index (χ0v) is 39.4. The van der Waals surface area contributed by atoms with E-state index in [1.807, 2.05) is 53.0 Å². The minimum absolute atomic E-state index is 0.0316. The van der Waals surface area contributed by atoms with Gasteiger partial charge < -0.3 is 44.9 Å². The van der Waals surface area contributed by atoms with Crippen molar-refractivity contribution in [3.05, 3.63) is 28.6 Å². The summed E-state index contributed by atoms with van der Waals surface area (Å²) >= 11 is 8.56. The molecule has 5 aliphatic rings. The molecular weight excluding hydrogens is 862 g/mol. The molecule has 5 fully saturated rings. The number of hydrogen-bond acceptors (Lipinski definition) is 13. The van der Waals surface area contributed by atoms with Gasteiger partial charge in [0.1, 0.15) is 58.7 Å².